The molecule has 0 aromatic carbocycles. The fraction of sp³-hybridized carbons (Fsp3) is 0.100. The van der Waals surface area contributed by atoms with Crippen LogP contribution < -0.4 is 0 Å². The monoisotopic (exact) mass is 207 g/mol. The summed E-state index contributed by atoms with van der Waals surface area (Å²) < 4.78 is 0. The molecule has 0 saturated heterocycles. The van der Waals surface area contributed by atoms with Crippen molar-refractivity contribution < 1.29 is 19.8 Å². The lowest BCUT2D eigenvalue weighted by Gasteiger charge is -1.97. The maximum Gasteiger partial charge on any atom is 0.335 e. The van der Waals surface area contributed by atoms with Crippen LogP contribution in [0.15, 0.2) is 35.5 Å². The first-order chi connectivity index (χ1) is 6.99. The molecule has 0 saturated carbocycles. The molecule has 0 aliphatic rings. The summed E-state index contributed by atoms with van der Waals surface area (Å²) in [6.07, 6.45) is 4.12. The first kappa shape index (κ1) is 12.7. The Kier molecular flexibility index (Phi) is 5.19. The third kappa shape index (κ3) is 5.05. The Morgan fingerprint density at radius 2 is 1.80 bits per heavy atom. The van der Waals surface area contributed by atoms with Crippen molar-refractivity contribution >= 4 is 11.9 Å². The number of carboxylic acid groups (broad SMARTS) is 2. The summed E-state index contributed by atoms with van der Waals surface area (Å²) in [6, 6.07) is 1.71. The zero-order valence-corrected chi connectivity index (χ0v) is 7.97. The zero-order chi connectivity index (χ0) is 11.8. The van der Waals surface area contributed by atoms with E-state index in [0.717, 1.165) is 18.2 Å². The number of carbonyl (C=O) groups is 2. The average molecular weight is 207 g/mol. The Labute approximate surface area is 86.3 Å². The first-order valence-corrected chi connectivity index (χ1v) is 3.90. The molecule has 0 aliphatic carbocycles. The molecule has 5 nitrogen and oxygen atoms in total. The molecule has 78 valence electrons. The predicted octanol–water partition coefficient (Wildman–Crippen LogP) is 1.11. The highest BCUT2D eigenvalue weighted by atomic mass is 16.4. The van der Waals surface area contributed by atoms with Crippen LogP contribution in [0.4, 0.5) is 0 Å². The van der Waals surface area contributed by atoms with Gasteiger partial charge in [0.15, 0.2) is 0 Å². The van der Waals surface area contributed by atoms with Crippen LogP contribution in [-0.2, 0) is 9.59 Å². The standard InChI is InChI=1S/C10H9NO4/c1-7(3-2-6-11)8(10(14)15)4-5-9(12)13/h2-5H,1H3,(H,12,13)(H,14,15). The molecule has 0 unspecified atom stereocenters. The summed E-state index contributed by atoms with van der Waals surface area (Å²) in [7, 11) is 0. The summed E-state index contributed by atoms with van der Waals surface area (Å²) in [5, 5.41) is 25.3. The van der Waals surface area contributed by atoms with Gasteiger partial charge in [-0.1, -0.05) is 0 Å². The quantitative estimate of drug-likeness (QED) is 0.408. The van der Waals surface area contributed by atoms with Gasteiger partial charge < -0.3 is 10.2 Å². The fourth-order valence-corrected chi connectivity index (χ4v) is 0.778. The number of aliphatic carboxylic acids is 2. The van der Waals surface area contributed by atoms with Crippen molar-refractivity contribution in [1.82, 2.24) is 0 Å². The second-order valence-electron chi connectivity index (χ2n) is 2.54. The topological polar surface area (TPSA) is 98.4 Å². The van der Waals surface area contributed by atoms with Gasteiger partial charge >= 0.3 is 11.9 Å². The molecule has 0 spiro atoms. The molecule has 0 rings (SSSR count). The molecule has 0 aromatic rings. The van der Waals surface area contributed by atoms with Gasteiger partial charge in [0.1, 0.15) is 0 Å². The molecule has 0 amide bonds. The second-order valence-corrected chi connectivity index (χ2v) is 2.54. The minimum atomic E-state index is -1.24. The maximum absolute atomic E-state index is 10.7. The van der Waals surface area contributed by atoms with Crippen molar-refractivity contribution in [3.63, 3.8) is 0 Å². The molecule has 0 fully saturated rings. The van der Waals surface area contributed by atoms with E-state index in [2.05, 4.69) is 0 Å². The molecule has 0 radical (unpaired) electrons. The van der Waals surface area contributed by atoms with E-state index in [0.29, 0.717) is 5.57 Å². The number of rotatable bonds is 4. The van der Waals surface area contributed by atoms with E-state index in [9.17, 15) is 9.59 Å². The summed E-state index contributed by atoms with van der Waals surface area (Å²) in [4.78, 5) is 20.9. The molecule has 15 heavy (non-hydrogen) atoms. The number of nitriles is 1. The average Bonchev–Trinajstić information content (AvgIpc) is 2.13. The zero-order valence-electron chi connectivity index (χ0n) is 7.97. The van der Waals surface area contributed by atoms with E-state index >= 15 is 0 Å². The van der Waals surface area contributed by atoms with Crippen LogP contribution in [0.25, 0.3) is 0 Å². The molecule has 0 bridgehead atoms. The van der Waals surface area contributed by atoms with Crippen LogP contribution in [0.3, 0.4) is 0 Å². The van der Waals surface area contributed by atoms with Crippen LogP contribution in [-0.4, -0.2) is 22.2 Å². The van der Waals surface area contributed by atoms with Crippen molar-refractivity contribution in [2.24, 2.45) is 0 Å². The van der Waals surface area contributed by atoms with Gasteiger partial charge in [0.25, 0.3) is 0 Å². The van der Waals surface area contributed by atoms with Crippen molar-refractivity contribution in [2.45, 2.75) is 6.92 Å². The number of hydrogen-bond acceptors (Lipinski definition) is 3. The summed E-state index contributed by atoms with van der Waals surface area (Å²) in [6.45, 7) is 1.48. The highest BCUT2D eigenvalue weighted by molar-refractivity contribution is 5.93. The molecule has 0 atom stereocenters. The van der Waals surface area contributed by atoms with Gasteiger partial charge in [-0.3, -0.25) is 0 Å². The van der Waals surface area contributed by atoms with Gasteiger partial charge in [-0.25, -0.2) is 9.59 Å². The highest BCUT2D eigenvalue weighted by Gasteiger charge is 2.06. The molecule has 2 N–H and O–H groups in total. The predicted molar refractivity (Wildman–Crippen MR) is 51.9 cm³/mol. The minimum Gasteiger partial charge on any atom is -0.478 e. The Bertz CT molecular complexity index is 396. The van der Waals surface area contributed by atoms with Crippen LogP contribution in [0, 0.1) is 11.3 Å². The largest absolute Gasteiger partial charge is 0.478 e. The number of nitrogens with zero attached hydrogens (tertiary/aromatic N) is 1. The van der Waals surface area contributed by atoms with Crippen LogP contribution in [0.5, 0.6) is 0 Å². The smallest absolute Gasteiger partial charge is 0.335 e. The highest BCUT2D eigenvalue weighted by Crippen LogP contribution is 2.07. The fourth-order valence-electron chi connectivity index (χ4n) is 0.778. The van der Waals surface area contributed by atoms with Crippen molar-refractivity contribution in [1.29, 1.82) is 5.26 Å². The van der Waals surface area contributed by atoms with Crippen molar-refractivity contribution in [3.05, 3.63) is 35.5 Å². The molecular formula is C10H9NO4. The van der Waals surface area contributed by atoms with E-state index in [4.69, 9.17) is 15.5 Å². The van der Waals surface area contributed by atoms with E-state index < -0.39 is 11.9 Å². The van der Waals surface area contributed by atoms with E-state index in [1.807, 2.05) is 0 Å². The first-order valence-electron chi connectivity index (χ1n) is 3.90. The lowest BCUT2D eigenvalue weighted by atomic mass is 10.1. The van der Waals surface area contributed by atoms with Crippen molar-refractivity contribution in [3.8, 4) is 6.07 Å². The van der Waals surface area contributed by atoms with E-state index in [1.165, 1.54) is 13.0 Å². The molecular weight excluding hydrogens is 198 g/mol. The lowest BCUT2D eigenvalue weighted by Crippen LogP contribution is -2.01. The SMILES string of the molecule is CC(C=CC#N)=C(C=CC(=O)O)C(=O)O. The summed E-state index contributed by atoms with van der Waals surface area (Å²) in [5.74, 6) is -2.47. The maximum atomic E-state index is 10.7. The third-order valence-electron chi connectivity index (χ3n) is 1.46. The van der Waals surface area contributed by atoms with Gasteiger partial charge in [0.05, 0.1) is 11.6 Å². The Morgan fingerprint density at radius 3 is 2.20 bits per heavy atom. The van der Waals surface area contributed by atoms with Gasteiger partial charge in [0, 0.05) is 12.2 Å². The Morgan fingerprint density at radius 1 is 1.20 bits per heavy atom. The molecule has 0 heterocycles. The van der Waals surface area contributed by atoms with Gasteiger partial charge in [-0.05, 0) is 24.6 Å². The summed E-state index contributed by atoms with van der Waals surface area (Å²) in [5.41, 5.74) is 0.144. The molecule has 0 aromatic heterocycles. The number of carboxylic acids is 2. The Balaban J connectivity index is 5.13. The van der Waals surface area contributed by atoms with Crippen LogP contribution in [0.1, 0.15) is 6.92 Å². The van der Waals surface area contributed by atoms with Crippen LogP contribution >= 0.6 is 0 Å². The second kappa shape index (κ2) is 6.16. The molecule has 5 heteroatoms. The van der Waals surface area contributed by atoms with Gasteiger partial charge in [-0.15, -0.1) is 0 Å². The minimum absolute atomic E-state index is 0.163. The number of allylic oxidation sites excluding steroid dienone is 3. The lowest BCUT2D eigenvalue weighted by molar-refractivity contribution is -0.132. The summed E-state index contributed by atoms with van der Waals surface area (Å²) >= 11 is 0. The Hall–Kier alpha value is -2.35. The van der Waals surface area contributed by atoms with E-state index in [1.54, 1.807) is 6.07 Å². The van der Waals surface area contributed by atoms with Crippen molar-refractivity contribution in [2.75, 3.05) is 0 Å². The normalized spacial score (nSPS) is 12.5. The van der Waals surface area contributed by atoms with Gasteiger partial charge in [0.2, 0.25) is 0 Å². The third-order valence-corrected chi connectivity index (χ3v) is 1.46. The van der Waals surface area contributed by atoms with Gasteiger partial charge in [-0.2, -0.15) is 5.26 Å². The number of hydrogen-bond donors (Lipinski definition) is 2. The molecule has 0 aliphatic heterocycles. The van der Waals surface area contributed by atoms with Crippen LogP contribution in [0.2, 0.25) is 0 Å². The van der Waals surface area contributed by atoms with E-state index in [-0.39, 0.29) is 5.57 Å².